The molecule has 7 nitrogen and oxygen atoms in total. The molecule has 0 spiro atoms. The summed E-state index contributed by atoms with van der Waals surface area (Å²) in [4.78, 5) is 22.7. The Bertz CT molecular complexity index is 448. The van der Waals surface area contributed by atoms with Gasteiger partial charge in [0.25, 0.3) is 0 Å². The Labute approximate surface area is 92.1 Å². The number of aryl methyl sites for hydroxylation is 1. The normalized spacial score (nSPS) is 10.7. The minimum atomic E-state index is -0.535. The molecule has 86 valence electrons. The van der Waals surface area contributed by atoms with Crippen molar-refractivity contribution < 1.29 is 9.72 Å². The van der Waals surface area contributed by atoms with E-state index < -0.39 is 4.92 Å². The third-order valence-corrected chi connectivity index (χ3v) is 1.86. The first-order chi connectivity index (χ1) is 7.41. The third-order valence-electron chi connectivity index (χ3n) is 1.86. The van der Waals surface area contributed by atoms with Gasteiger partial charge in [-0.15, -0.1) is 0 Å². The highest BCUT2D eigenvalue weighted by Gasteiger charge is 2.15. The van der Waals surface area contributed by atoms with Gasteiger partial charge < -0.3 is 4.90 Å². The van der Waals surface area contributed by atoms with Gasteiger partial charge in [-0.2, -0.15) is 5.10 Å². The zero-order chi connectivity index (χ0) is 12.3. The third kappa shape index (κ3) is 2.66. The van der Waals surface area contributed by atoms with Gasteiger partial charge in [-0.3, -0.25) is 19.6 Å². The molecule has 16 heavy (non-hydrogen) atoms. The standard InChI is InChI=1S/C9H12N4O3/c1-11(2)9(14)5-4-7-8(13(15)16)6-12(3)10-7/h4-6H,1-3H3/b5-4+. The lowest BCUT2D eigenvalue weighted by molar-refractivity contribution is -0.385. The Balaban J connectivity index is 2.97. The first kappa shape index (κ1) is 11.9. The highest BCUT2D eigenvalue weighted by atomic mass is 16.6. The highest BCUT2D eigenvalue weighted by molar-refractivity contribution is 5.91. The van der Waals surface area contributed by atoms with Gasteiger partial charge in [-0.05, 0) is 6.08 Å². The molecule has 0 N–H and O–H groups in total. The summed E-state index contributed by atoms with van der Waals surface area (Å²) in [5.41, 5.74) is 0.0491. The largest absolute Gasteiger partial charge is 0.345 e. The number of carbonyl (C=O) groups excluding carboxylic acids is 1. The van der Waals surface area contributed by atoms with Crippen molar-refractivity contribution in [1.82, 2.24) is 14.7 Å². The number of hydrogen-bond donors (Lipinski definition) is 0. The summed E-state index contributed by atoms with van der Waals surface area (Å²) in [5.74, 6) is -0.250. The van der Waals surface area contributed by atoms with Crippen LogP contribution in [-0.2, 0) is 11.8 Å². The van der Waals surface area contributed by atoms with Crippen LogP contribution in [0, 0.1) is 10.1 Å². The number of likely N-dealkylation sites (N-methyl/N-ethyl adjacent to an activating group) is 1. The molecule has 1 amide bonds. The second-order valence-electron chi connectivity index (χ2n) is 3.40. The van der Waals surface area contributed by atoms with E-state index in [1.807, 2.05) is 0 Å². The number of aromatic nitrogens is 2. The second kappa shape index (κ2) is 4.56. The number of amides is 1. The van der Waals surface area contributed by atoms with E-state index in [4.69, 9.17) is 0 Å². The fraction of sp³-hybridized carbons (Fsp3) is 0.333. The number of carbonyl (C=O) groups is 1. The molecule has 0 bridgehead atoms. The molecule has 0 aliphatic rings. The SMILES string of the molecule is CN(C)C(=O)/C=C/c1nn(C)cc1[N+](=O)[O-]. The molecule has 1 rings (SSSR count). The van der Waals surface area contributed by atoms with E-state index in [-0.39, 0.29) is 17.3 Å². The van der Waals surface area contributed by atoms with Crippen molar-refractivity contribution in [2.45, 2.75) is 0 Å². The molecular weight excluding hydrogens is 212 g/mol. The van der Waals surface area contributed by atoms with Gasteiger partial charge >= 0.3 is 5.69 Å². The maximum absolute atomic E-state index is 11.2. The number of nitro groups is 1. The minimum Gasteiger partial charge on any atom is -0.345 e. The molecule has 1 heterocycles. The summed E-state index contributed by atoms with van der Waals surface area (Å²) < 4.78 is 1.33. The van der Waals surface area contributed by atoms with Gasteiger partial charge in [-0.25, -0.2) is 0 Å². The van der Waals surface area contributed by atoms with Crippen molar-refractivity contribution in [2.24, 2.45) is 7.05 Å². The molecule has 1 aromatic rings. The molecule has 0 saturated carbocycles. The topological polar surface area (TPSA) is 81.3 Å². The van der Waals surface area contributed by atoms with Gasteiger partial charge in [0.1, 0.15) is 6.20 Å². The van der Waals surface area contributed by atoms with Gasteiger partial charge in [-0.1, -0.05) is 0 Å². The van der Waals surface area contributed by atoms with Gasteiger partial charge in [0, 0.05) is 27.2 Å². The van der Waals surface area contributed by atoms with Crippen molar-refractivity contribution in [1.29, 1.82) is 0 Å². The first-order valence-corrected chi connectivity index (χ1v) is 4.49. The molecule has 7 heteroatoms. The first-order valence-electron chi connectivity index (χ1n) is 4.49. The molecular formula is C9H12N4O3. The van der Waals surface area contributed by atoms with E-state index in [1.54, 1.807) is 21.1 Å². The van der Waals surface area contributed by atoms with Crippen molar-refractivity contribution in [2.75, 3.05) is 14.1 Å². The maximum Gasteiger partial charge on any atom is 0.314 e. The lowest BCUT2D eigenvalue weighted by atomic mass is 10.3. The average molecular weight is 224 g/mol. The van der Waals surface area contributed by atoms with E-state index in [9.17, 15) is 14.9 Å². The van der Waals surface area contributed by atoms with Crippen LogP contribution in [0.5, 0.6) is 0 Å². The van der Waals surface area contributed by atoms with Crippen LogP contribution in [0.1, 0.15) is 5.69 Å². The van der Waals surface area contributed by atoms with E-state index >= 15 is 0 Å². The number of hydrogen-bond acceptors (Lipinski definition) is 4. The summed E-state index contributed by atoms with van der Waals surface area (Å²) in [7, 11) is 4.77. The number of rotatable bonds is 3. The predicted molar refractivity (Wildman–Crippen MR) is 57.6 cm³/mol. The fourth-order valence-corrected chi connectivity index (χ4v) is 1.05. The van der Waals surface area contributed by atoms with E-state index in [0.29, 0.717) is 0 Å². The molecule has 0 aromatic carbocycles. The molecule has 0 aliphatic carbocycles. The van der Waals surface area contributed by atoms with Crippen molar-refractivity contribution in [3.8, 4) is 0 Å². The monoisotopic (exact) mass is 224 g/mol. The summed E-state index contributed by atoms with van der Waals surface area (Å²) in [6.07, 6.45) is 3.87. The lowest BCUT2D eigenvalue weighted by Crippen LogP contribution is -2.18. The Kier molecular flexibility index (Phi) is 3.39. The molecule has 0 radical (unpaired) electrons. The van der Waals surface area contributed by atoms with Crippen LogP contribution >= 0.6 is 0 Å². The summed E-state index contributed by atoms with van der Waals surface area (Å²) >= 11 is 0. The van der Waals surface area contributed by atoms with Crippen LogP contribution in [0.2, 0.25) is 0 Å². The second-order valence-corrected chi connectivity index (χ2v) is 3.40. The van der Waals surface area contributed by atoms with Gasteiger partial charge in [0.2, 0.25) is 5.91 Å². The number of nitrogens with zero attached hydrogens (tertiary/aromatic N) is 4. The summed E-state index contributed by atoms with van der Waals surface area (Å²) in [5, 5.41) is 14.5. The van der Waals surface area contributed by atoms with Crippen LogP contribution in [0.4, 0.5) is 5.69 Å². The smallest absolute Gasteiger partial charge is 0.314 e. The Hall–Kier alpha value is -2.18. The van der Waals surface area contributed by atoms with Crippen LogP contribution in [0.3, 0.4) is 0 Å². The van der Waals surface area contributed by atoms with E-state index in [1.165, 1.54) is 27.9 Å². The zero-order valence-electron chi connectivity index (χ0n) is 9.25. The summed E-state index contributed by atoms with van der Waals surface area (Å²) in [6.45, 7) is 0. The molecule has 0 unspecified atom stereocenters. The minimum absolute atomic E-state index is 0.120. The molecule has 0 saturated heterocycles. The van der Waals surface area contributed by atoms with Gasteiger partial charge in [0.15, 0.2) is 5.69 Å². The predicted octanol–water partition coefficient (Wildman–Crippen LogP) is 0.430. The van der Waals surface area contributed by atoms with Crippen molar-refractivity contribution >= 4 is 17.7 Å². The Morgan fingerprint density at radius 3 is 2.75 bits per heavy atom. The molecule has 1 aromatic heterocycles. The van der Waals surface area contributed by atoms with Crippen molar-refractivity contribution in [3.63, 3.8) is 0 Å². The Morgan fingerprint density at radius 1 is 1.62 bits per heavy atom. The van der Waals surface area contributed by atoms with E-state index in [0.717, 1.165) is 0 Å². The highest BCUT2D eigenvalue weighted by Crippen LogP contribution is 2.17. The Morgan fingerprint density at radius 2 is 2.25 bits per heavy atom. The van der Waals surface area contributed by atoms with Crippen LogP contribution < -0.4 is 0 Å². The van der Waals surface area contributed by atoms with Crippen molar-refractivity contribution in [3.05, 3.63) is 28.1 Å². The molecule has 0 atom stereocenters. The van der Waals surface area contributed by atoms with Crippen LogP contribution in [0.25, 0.3) is 6.08 Å². The van der Waals surface area contributed by atoms with Crippen LogP contribution in [0.15, 0.2) is 12.3 Å². The fourth-order valence-electron chi connectivity index (χ4n) is 1.05. The lowest BCUT2D eigenvalue weighted by Gasteiger charge is -2.04. The molecule has 0 fully saturated rings. The average Bonchev–Trinajstić information content (AvgIpc) is 2.56. The quantitative estimate of drug-likeness (QED) is 0.423. The van der Waals surface area contributed by atoms with Crippen LogP contribution in [-0.4, -0.2) is 39.6 Å². The van der Waals surface area contributed by atoms with Gasteiger partial charge in [0.05, 0.1) is 4.92 Å². The van der Waals surface area contributed by atoms with E-state index in [2.05, 4.69) is 5.10 Å². The zero-order valence-corrected chi connectivity index (χ0v) is 9.25. The summed E-state index contributed by atoms with van der Waals surface area (Å²) in [6, 6.07) is 0. The molecule has 0 aliphatic heterocycles. The maximum atomic E-state index is 11.2.